The van der Waals surface area contributed by atoms with Gasteiger partial charge in [-0.3, -0.25) is 0 Å². The van der Waals surface area contributed by atoms with E-state index in [0.29, 0.717) is 6.61 Å². The van der Waals surface area contributed by atoms with Crippen molar-refractivity contribution >= 4 is 21.7 Å². The number of methoxy groups -OCH3 is 1. The first-order chi connectivity index (χ1) is 8.79. The Labute approximate surface area is 114 Å². The summed E-state index contributed by atoms with van der Waals surface area (Å²) in [6.45, 7) is 1.54. The summed E-state index contributed by atoms with van der Waals surface area (Å²) in [5, 5.41) is 8.03. The lowest BCUT2D eigenvalue weighted by Gasteiger charge is -2.06. The Bertz CT molecular complexity index is 562. The third-order valence-electron chi connectivity index (χ3n) is 3.09. The molecule has 5 heteroatoms. The van der Waals surface area contributed by atoms with Crippen molar-refractivity contribution in [3.8, 4) is 5.69 Å². The molecular formula is C13H14BrN3O. The minimum absolute atomic E-state index is 0.563. The van der Waals surface area contributed by atoms with E-state index in [2.05, 4.69) is 26.3 Å². The van der Waals surface area contributed by atoms with Crippen molar-refractivity contribution in [1.29, 1.82) is 0 Å². The molecule has 4 nitrogen and oxygen atoms in total. The molecule has 0 atom stereocenters. The van der Waals surface area contributed by atoms with Crippen molar-refractivity contribution in [2.45, 2.75) is 13.0 Å². The summed E-state index contributed by atoms with van der Waals surface area (Å²) in [4.78, 5) is 0. The second kappa shape index (κ2) is 4.74. The molecule has 0 fully saturated rings. The first-order valence-electron chi connectivity index (χ1n) is 5.89. The van der Waals surface area contributed by atoms with Crippen LogP contribution >= 0.6 is 15.9 Å². The Morgan fingerprint density at radius 3 is 2.89 bits per heavy atom. The predicted octanol–water partition coefficient (Wildman–Crippen LogP) is 2.75. The molecular weight excluding hydrogens is 294 g/mol. The van der Waals surface area contributed by atoms with Gasteiger partial charge in [0.25, 0.3) is 0 Å². The topological polar surface area (TPSA) is 39.1 Å². The van der Waals surface area contributed by atoms with E-state index in [1.165, 1.54) is 5.56 Å². The highest BCUT2D eigenvalue weighted by molar-refractivity contribution is 9.10. The molecule has 0 saturated heterocycles. The third-order valence-corrected chi connectivity index (χ3v) is 3.62. The van der Waals surface area contributed by atoms with Gasteiger partial charge in [0.05, 0.1) is 18.0 Å². The molecule has 0 radical (unpaired) electrons. The van der Waals surface area contributed by atoms with Crippen LogP contribution in [0.15, 0.2) is 28.7 Å². The summed E-state index contributed by atoms with van der Waals surface area (Å²) in [7, 11) is 1.70. The molecule has 0 aliphatic carbocycles. The van der Waals surface area contributed by atoms with Crippen LogP contribution in [0.5, 0.6) is 0 Å². The number of benzene rings is 1. The zero-order chi connectivity index (χ0) is 12.5. The van der Waals surface area contributed by atoms with E-state index in [4.69, 9.17) is 4.74 Å². The molecule has 94 valence electrons. The van der Waals surface area contributed by atoms with Crippen LogP contribution in [0.25, 0.3) is 5.69 Å². The van der Waals surface area contributed by atoms with Crippen molar-refractivity contribution in [2.75, 3.05) is 19.0 Å². The van der Waals surface area contributed by atoms with Crippen LogP contribution in [0.2, 0.25) is 0 Å². The lowest BCUT2D eigenvalue weighted by Crippen LogP contribution is -2.05. The third kappa shape index (κ3) is 1.93. The number of fused-ring (bicyclic) bond motifs is 1. The molecule has 0 amide bonds. The van der Waals surface area contributed by atoms with Gasteiger partial charge in [-0.05, 0) is 30.7 Å². The fraction of sp³-hybridized carbons (Fsp3) is 0.308. The summed E-state index contributed by atoms with van der Waals surface area (Å²) in [6, 6.07) is 8.14. The van der Waals surface area contributed by atoms with Crippen LogP contribution in [-0.2, 0) is 17.8 Å². The summed E-state index contributed by atoms with van der Waals surface area (Å²) in [5.41, 5.74) is 3.37. The van der Waals surface area contributed by atoms with E-state index in [1.807, 2.05) is 28.9 Å². The van der Waals surface area contributed by atoms with Gasteiger partial charge in [0.15, 0.2) is 0 Å². The van der Waals surface area contributed by atoms with Gasteiger partial charge in [0.2, 0.25) is 0 Å². The SMILES string of the molecule is COCc1nn(-c2ccc(Br)cc2)c2c1CCN2. The zero-order valence-electron chi connectivity index (χ0n) is 10.1. The summed E-state index contributed by atoms with van der Waals surface area (Å²) in [5.74, 6) is 1.10. The summed E-state index contributed by atoms with van der Waals surface area (Å²) < 4.78 is 8.24. The molecule has 1 aromatic carbocycles. The van der Waals surface area contributed by atoms with Crippen LogP contribution in [0.3, 0.4) is 0 Å². The molecule has 2 aromatic rings. The van der Waals surface area contributed by atoms with Crippen LogP contribution in [0, 0.1) is 0 Å². The van der Waals surface area contributed by atoms with E-state index in [0.717, 1.165) is 34.6 Å². The molecule has 0 unspecified atom stereocenters. The molecule has 1 aliphatic rings. The standard InChI is InChI=1S/C13H14BrN3O/c1-18-8-12-11-6-7-15-13(11)17(16-12)10-4-2-9(14)3-5-10/h2-5,15H,6-8H2,1H3. The first-order valence-corrected chi connectivity index (χ1v) is 6.68. The summed E-state index contributed by atoms with van der Waals surface area (Å²) in [6.07, 6.45) is 1.02. The molecule has 3 rings (SSSR count). The lowest BCUT2D eigenvalue weighted by molar-refractivity contribution is 0.180. The molecule has 1 aliphatic heterocycles. The van der Waals surface area contributed by atoms with Gasteiger partial charge in [-0.2, -0.15) is 5.10 Å². The van der Waals surface area contributed by atoms with E-state index in [9.17, 15) is 0 Å². The zero-order valence-corrected chi connectivity index (χ0v) is 11.7. The highest BCUT2D eigenvalue weighted by Gasteiger charge is 2.22. The van der Waals surface area contributed by atoms with Crippen LogP contribution in [-0.4, -0.2) is 23.4 Å². The Kier molecular flexibility index (Phi) is 3.09. The second-order valence-electron chi connectivity index (χ2n) is 4.27. The van der Waals surface area contributed by atoms with Gasteiger partial charge in [-0.25, -0.2) is 4.68 Å². The average molecular weight is 308 g/mol. The Morgan fingerprint density at radius 1 is 1.39 bits per heavy atom. The first kappa shape index (κ1) is 11.7. The lowest BCUT2D eigenvalue weighted by atomic mass is 10.2. The van der Waals surface area contributed by atoms with Crippen molar-refractivity contribution < 1.29 is 4.74 Å². The normalized spacial score (nSPS) is 13.4. The van der Waals surface area contributed by atoms with E-state index < -0.39 is 0 Å². The minimum atomic E-state index is 0.563. The average Bonchev–Trinajstić information content (AvgIpc) is 2.95. The summed E-state index contributed by atoms with van der Waals surface area (Å²) >= 11 is 3.45. The number of nitrogens with one attached hydrogen (secondary N) is 1. The van der Waals surface area contributed by atoms with Gasteiger partial charge >= 0.3 is 0 Å². The monoisotopic (exact) mass is 307 g/mol. The van der Waals surface area contributed by atoms with Crippen molar-refractivity contribution in [1.82, 2.24) is 9.78 Å². The fourth-order valence-electron chi connectivity index (χ4n) is 2.27. The van der Waals surface area contributed by atoms with E-state index in [-0.39, 0.29) is 0 Å². The Balaban J connectivity index is 2.07. The number of rotatable bonds is 3. The smallest absolute Gasteiger partial charge is 0.133 e. The number of hydrogen-bond donors (Lipinski definition) is 1. The molecule has 0 spiro atoms. The number of aromatic nitrogens is 2. The van der Waals surface area contributed by atoms with Crippen LogP contribution < -0.4 is 5.32 Å². The minimum Gasteiger partial charge on any atom is -0.378 e. The van der Waals surface area contributed by atoms with Crippen LogP contribution in [0.1, 0.15) is 11.3 Å². The largest absolute Gasteiger partial charge is 0.378 e. The van der Waals surface area contributed by atoms with Gasteiger partial charge in [0, 0.05) is 23.7 Å². The number of hydrogen-bond acceptors (Lipinski definition) is 3. The van der Waals surface area contributed by atoms with Crippen molar-refractivity contribution in [3.63, 3.8) is 0 Å². The number of anilines is 1. The molecule has 1 N–H and O–H groups in total. The number of ether oxygens (including phenoxy) is 1. The highest BCUT2D eigenvalue weighted by Crippen LogP contribution is 2.29. The van der Waals surface area contributed by atoms with Crippen LogP contribution in [0.4, 0.5) is 5.82 Å². The molecule has 2 heterocycles. The second-order valence-corrected chi connectivity index (χ2v) is 5.19. The van der Waals surface area contributed by atoms with E-state index >= 15 is 0 Å². The van der Waals surface area contributed by atoms with Gasteiger partial charge in [0.1, 0.15) is 5.82 Å². The van der Waals surface area contributed by atoms with Gasteiger partial charge in [-0.15, -0.1) is 0 Å². The molecule has 0 bridgehead atoms. The van der Waals surface area contributed by atoms with Gasteiger partial charge < -0.3 is 10.1 Å². The predicted molar refractivity (Wildman–Crippen MR) is 74.2 cm³/mol. The maximum Gasteiger partial charge on any atom is 0.133 e. The Morgan fingerprint density at radius 2 is 2.17 bits per heavy atom. The van der Waals surface area contributed by atoms with Crippen molar-refractivity contribution in [2.24, 2.45) is 0 Å². The molecule has 1 aromatic heterocycles. The Hall–Kier alpha value is -1.33. The van der Waals surface area contributed by atoms with E-state index in [1.54, 1.807) is 7.11 Å². The maximum absolute atomic E-state index is 5.21. The number of nitrogens with zero attached hydrogens (tertiary/aromatic N) is 2. The number of halogens is 1. The van der Waals surface area contributed by atoms with Gasteiger partial charge in [-0.1, -0.05) is 15.9 Å². The maximum atomic E-state index is 5.21. The highest BCUT2D eigenvalue weighted by atomic mass is 79.9. The molecule has 0 saturated carbocycles. The van der Waals surface area contributed by atoms with Crippen molar-refractivity contribution in [3.05, 3.63) is 40.0 Å². The molecule has 18 heavy (non-hydrogen) atoms. The fourth-order valence-corrected chi connectivity index (χ4v) is 2.53. The quantitative estimate of drug-likeness (QED) is 0.947.